The molecule has 2 aliphatic heterocycles. The molecule has 0 unspecified atom stereocenters. The second-order valence-corrected chi connectivity index (χ2v) is 15.1. The van der Waals surface area contributed by atoms with E-state index >= 15 is 4.39 Å². The Balaban J connectivity index is 1.07. The van der Waals surface area contributed by atoms with Crippen LogP contribution in [0.2, 0.25) is 0 Å². The Kier molecular flexibility index (Phi) is 8.44. The van der Waals surface area contributed by atoms with Crippen molar-refractivity contribution >= 4 is 23.2 Å². The molecule has 262 valence electrons. The van der Waals surface area contributed by atoms with E-state index in [9.17, 15) is 9.59 Å². The number of aromatic amines is 2. The molecule has 2 amide bonds. The summed E-state index contributed by atoms with van der Waals surface area (Å²) in [6.07, 6.45) is 6.00. The number of fused-ring (bicyclic) bond motifs is 1. The lowest BCUT2D eigenvalue weighted by Crippen LogP contribution is -2.36. The van der Waals surface area contributed by atoms with E-state index in [1.54, 1.807) is 28.3 Å². The van der Waals surface area contributed by atoms with Crippen molar-refractivity contribution in [3.63, 3.8) is 0 Å². The molecule has 12 heteroatoms. The van der Waals surface area contributed by atoms with Gasteiger partial charge < -0.3 is 23.9 Å². The van der Waals surface area contributed by atoms with Gasteiger partial charge in [0, 0.05) is 41.4 Å². The molecule has 0 saturated carbocycles. The smallest absolute Gasteiger partial charge is 0.410 e. The molecule has 2 N–H and O–H groups in total. The highest BCUT2D eigenvalue weighted by Crippen LogP contribution is 2.37. The van der Waals surface area contributed by atoms with E-state index in [0.717, 1.165) is 48.2 Å². The van der Waals surface area contributed by atoms with E-state index in [4.69, 9.17) is 13.9 Å². The van der Waals surface area contributed by atoms with Gasteiger partial charge in [0.05, 0.1) is 29.7 Å². The second-order valence-electron chi connectivity index (χ2n) is 15.1. The molecule has 2 atom stereocenters. The van der Waals surface area contributed by atoms with Crippen LogP contribution >= 0.6 is 0 Å². The third-order valence-electron chi connectivity index (χ3n) is 8.94. The van der Waals surface area contributed by atoms with E-state index in [1.807, 2.05) is 71.9 Å². The van der Waals surface area contributed by atoms with Gasteiger partial charge in [-0.3, -0.25) is 9.80 Å². The number of nitrogens with one attached hydrogen (secondary N) is 2. The number of carbonyl (C=O) groups excluding carboxylic acids is 2. The minimum atomic E-state index is -0.599. The molecular weight excluding hydrogens is 639 g/mol. The number of amides is 2. The van der Waals surface area contributed by atoms with E-state index in [-0.39, 0.29) is 24.3 Å². The number of H-pyrrole nitrogens is 2. The van der Waals surface area contributed by atoms with E-state index in [2.05, 4.69) is 19.9 Å². The van der Waals surface area contributed by atoms with Gasteiger partial charge in [0.25, 0.3) is 0 Å². The van der Waals surface area contributed by atoms with Crippen LogP contribution in [0.3, 0.4) is 0 Å². The van der Waals surface area contributed by atoms with Crippen LogP contribution in [0.15, 0.2) is 59.3 Å². The largest absolute Gasteiger partial charge is 0.456 e. The minimum Gasteiger partial charge on any atom is -0.456 e. The molecule has 0 aliphatic carbocycles. The third-order valence-corrected chi connectivity index (χ3v) is 8.94. The Labute approximate surface area is 290 Å². The lowest BCUT2D eigenvalue weighted by Gasteiger charge is -2.27. The number of rotatable bonds is 5. The topological polar surface area (TPSA) is 130 Å². The molecule has 50 heavy (non-hydrogen) atoms. The Morgan fingerprint density at radius 2 is 1.50 bits per heavy atom. The zero-order valence-corrected chi connectivity index (χ0v) is 29.3. The van der Waals surface area contributed by atoms with Crippen molar-refractivity contribution in [2.75, 3.05) is 13.1 Å². The van der Waals surface area contributed by atoms with Gasteiger partial charge in [0.1, 0.15) is 40.0 Å². The molecule has 0 spiro atoms. The Morgan fingerprint density at radius 3 is 2.14 bits per heavy atom. The monoisotopic (exact) mass is 682 g/mol. The van der Waals surface area contributed by atoms with Gasteiger partial charge in [-0.2, -0.15) is 0 Å². The average molecular weight is 683 g/mol. The van der Waals surface area contributed by atoms with Crippen molar-refractivity contribution < 1.29 is 27.9 Å². The number of furan rings is 1. The highest BCUT2D eigenvalue weighted by atomic mass is 19.1. The molecule has 0 bridgehead atoms. The van der Waals surface area contributed by atoms with E-state index in [1.165, 1.54) is 6.07 Å². The lowest BCUT2D eigenvalue weighted by atomic mass is 10.1. The number of hydrogen-bond acceptors (Lipinski definition) is 7. The second kappa shape index (κ2) is 12.6. The summed E-state index contributed by atoms with van der Waals surface area (Å²) in [5.41, 5.74) is 2.63. The van der Waals surface area contributed by atoms with Crippen LogP contribution in [0.5, 0.6) is 0 Å². The first kappa shape index (κ1) is 33.4. The van der Waals surface area contributed by atoms with Crippen molar-refractivity contribution in [3.05, 3.63) is 72.3 Å². The number of ether oxygens (including phenoxy) is 2. The molecule has 2 aliphatic rings. The fourth-order valence-corrected chi connectivity index (χ4v) is 6.71. The Morgan fingerprint density at radius 1 is 0.860 bits per heavy atom. The van der Waals surface area contributed by atoms with Gasteiger partial charge in [-0.15, -0.1) is 0 Å². The number of carbonyl (C=O) groups is 2. The normalized spacial score (nSPS) is 18.3. The standard InChI is InChI=1S/C38H43FN6O5/c1-37(2,3)49-35(46)44-15-7-9-29(44)33-40-20-27(42-33)22-12-14-31-24(17-22)19-32(48-31)23-11-13-25(26(39)18-23)28-21-41-34(43-28)30-10-8-16-45(30)36(47)50-38(4,5)6/h11-14,17-21,29-30H,7-10,15-16H2,1-6H3,(H,40,42)(H,41,43)/t29-,30-/m0/s1. The van der Waals surface area contributed by atoms with Crippen LogP contribution in [-0.2, 0) is 9.47 Å². The number of aromatic nitrogens is 4. The molecule has 2 aromatic carbocycles. The first-order valence-corrected chi connectivity index (χ1v) is 17.2. The van der Waals surface area contributed by atoms with Gasteiger partial charge in [0.2, 0.25) is 0 Å². The Bertz CT molecular complexity index is 2050. The molecule has 2 saturated heterocycles. The van der Waals surface area contributed by atoms with E-state index < -0.39 is 17.0 Å². The number of hydrogen-bond donors (Lipinski definition) is 2. The van der Waals surface area contributed by atoms with E-state index in [0.29, 0.717) is 47.1 Å². The van der Waals surface area contributed by atoms with Crippen LogP contribution in [0.1, 0.15) is 91.0 Å². The van der Waals surface area contributed by atoms with Crippen LogP contribution in [0.4, 0.5) is 14.0 Å². The summed E-state index contributed by atoms with van der Waals surface area (Å²) >= 11 is 0. The SMILES string of the molecule is CC(C)(C)OC(=O)N1CCC[C@H]1c1nc(-c2ccc(-c3cc4cc(-c5cnc([C@@H]6CCCN6C(=O)OC(C)(C)C)[nH]5)ccc4o3)cc2F)c[nH]1. The van der Waals surface area contributed by atoms with Crippen LogP contribution in [0.25, 0.3) is 44.8 Å². The molecule has 3 aromatic heterocycles. The molecule has 5 aromatic rings. The highest BCUT2D eigenvalue weighted by Gasteiger charge is 2.36. The van der Waals surface area contributed by atoms with Crippen LogP contribution < -0.4 is 0 Å². The lowest BCUT2D eigenvalue weighted by molar-refractivity contribution is 0.0208. The molecule has 5 heterocycles. The van der Waals surface area contributed by atoms with Gasteiger partial charge in [0.15, 0.2) is 0 Å². The maximum absolute atomic E-state index is 15.6. The molecule has 7 rings (SSSR count). The quantitative estimate of drug-likeness (QED) is 0.189. The number of nitrogens with zero attached hydrogens (tertiary/aromatic N) is 4. The summed E-state index contributed by atoms with van der Waals surface area (Å²) in [5.74, 6) is 1.43. The van der Waals surface area contributed by atoms with Gasteiger partial charge >= 0.3 is 12.2 Å². The number of imidazole rings is 2. The van der Waals surface area contributed by atoms with Crippen molar-refractivity contribution in [2.45, 2.75) is 90.5 Å². The predicted octanol–water partition coefficient (Wildman–Crippen LogP) is 9.16. The summed E-state index contributed by atoms with van der Waals surface area (Å²) in [7, 11) is 0. The summed E-state index contributed by atoms with van der Waals surface area (Å²) in [5, 5.41) is 0.859. The number of likely N-dealkylation sites (tertiary alicyclic amines) is 2. The maximum atomic E-state index is 15.6. The van der Waals surface area contributed by atoms with Gasteiger partial charge in [-0.05, 0) is 104 Å². The Hall–Kier alpha value is -5.13. The van der Waals surface area contributed by atoms with Crippen molar-refractivity contribution in [2.24, 2.45) is 0 Å². The van der Waals surface area contributed by atoms with Gasteiger partial charge in [-0.25, -0.2) is 23.9 Å². The van der Waals surface area contributed by atoms with Crippen LogP contribution in [0, 0.1) is 5.82 Å². The zero-order valence-electron chi connectivity index (χ0n) is 29.3. The fraction of sp³-hybridized carbons (Fsp3) is 0.421. The first-order chi connectivity index (χ1) is 23.7. The molecule has 2 fully saturated rings. The number of halogens is 1. The van der Waals surface area contributed by atoms with Crippen molar-refractivity contribution in [1.82, 2.24) is 29.7 Å². The van der Waals surface area contributed by atoms with Crippen molar-refractivity contribution in [3.8, 4) is 33.8 Å². The zero-order chi connectivity index (χ0) is 35.4. The summed E-state index contributed by atoms with van der Waals surface area (Å²) in [4.78, 5) is 44.9. The summed E-state index contributed by atoms with van der Waals surface area (Å²) in [6.45, 7) is 12.3. The van der Waals surface area contributed by atoms with Gasteiger partial charge in [-0.1, -0.05) is 6.07 Å². The predicted molar refractivity (Wildman–Crippen MR) is 187 cm³/mol. The maximum Gasteiger partial charge on any atom is 0.410 e. The fourth-order valence-electron chi connectivity index (χ4n) is 6.71. The molecule has 11 nitrogen and oxygen atoms in total. The first-order valence-electron chi connectivity index (χ1n) is 17.2. The van der Waals surface area contributed by atoms with Crippen molar-refractivity contribution in [1.29, 1.82) is 0 Å². The summed E-state index contributed by atoms with van der Waals surface area (Å²) in [6, 6.07) is 12.2. The molecular formula is C38H43FN6O5. The summed E-state index contributed by atoms with van der Waals surface area (Å²) < 4.78 is 32.9. The minimum absolute atomic E-state index is 0.177. The average Bonchev–Trinajstić information content (AvgIpc) is 3.87. The molecule has 0 radical (unpaired) electrons. The highest BCUT2D eigenvalue weighted by molar-refractivity contribution is 5.87. The van der Waals surface area contributed by atoms with Crippen LogP contribution in [-0.4, -0.2) is 66.2 Å². The third kappa shape index (κ3) is 6.83. The number of benzene rings is 2.